The molecular formula is C12H13NS. The SMILES string of the molecule is C=Cc1c(CCN)sc2ccccc12. The molecule has 1 aromatic carbocycles. The van der Waals surface area contributed by atoms with E-state index in [0.717, 1.165) is 6.42 Å². The number of rotatable bonds is 3. The molecular weight excluding hydrogens is 190 g/mol. The van der Waals surface area contributed by atoms with E-state index in [1.807, 2.05) is 17.4 Å². The number of benzene rings is 1. The smallest absolute Gasteiger partial charge is 0.0351 e. The van der Waals surface area contributed by atoms with Gasteiger partial charge in [0.1, 0.15) is 0 Å². The van der Waals surface area contributed by atoms with Gasteiger partial charge in [-0.05, 0) is 30.0 Å². The van der Waals surface area contributed by atoms with Crippen LogP contribution in [0.25, 0.3) is 16.2 Å². The summed E-state index contributed by atoms with van der Waals surface area (Å²) in [6.45, 7) is 4.56. The van der Waals surface area contributed by atoms with Gasteiger partial charge < -0.3 is 5.73 Å². The standard InChI is InChI=1S/C12H13NS/c1-2-9-10-5-3-4-6-11(10)14-12(9)7-8-13/h2-6H,1,7-8,13H2. The summed E-state index contributed by atoms with van der Waals surface area (Å²) in [5.41, 5.74) is 6.84. The summed E-state index contributed by atoms with van der Waals surface area (Å²) >= 11 is 1.82. The van der Waals surface area contributed by atoms with Gasteiger partial charge in [-0.25, -0.2) is 0 Å². The zero-order valence-electron chi connectivity index (χ0n) is 7.99. The molecule has 0 saturated carbocycles. The molecule has 0 aliphatic rings. The van der Waals surface area contributed by atoms with Crippen LogP contribution in [0.1, 0.15) is 10.4 Å². The molecule has 72 valence electrons. The van der Waals surface area contributed by atoms with Gasteiger partial charge in [0.15, 0.2) is 0 Å². The molecule has 0 fully saturated rings. The average Bonchev–Trinajstić information content (AvgIpc) is 2.55. The summed E-state index contributed by atoms with van der Waals surface area (Å²) in [6.07, 6.45) is 2.88. The lowest BCUT2D eigenvalue weighted by Crippen LogP contribution is -2.01. The van der Waals surface area contributed by atoms with E-state index >= 15 is 0 Å². The Labute approximate surface area is 87.9 Å². The Balaban J connectivity index is 2.65. The lowest BCUT2D eigenvalue weighted by Gasteiger charge is -1.95. The molecule has 0 aliphatic heterocycles. The van der Waals surface area contributed by atoms with E-state index in [4.69, 9.17) is 5.73 Å². The fraction of sp³-hybridized carbons (Fsp3) is 0.167. The van der Waals surface area contributed by atoms with E-state index < -0.39 is 0 Å². The van der Waals surface area contributed by atoms with Crippen molar-refractivity contribution in [2.75, 3.05) is 6.54 Å². The number of hydrogen-bond acceptors (Lipinski definition) is 2. The summed E-state index contributed by atoms with van der Waals surface area (Å²) in [5.74, 6) is 0. The fourth-order valence-corrected chi connectivity index (χ4v) is 2.88. The Bertz CT molecular complexity index is 456. The first-order chi connectivity index (χ1) is 6.86. The second-order valence-electron chi connectivity index (χ2n) is 3.18. The van der Waals surface area contributed by atoms with Gasteiger partial charge in [-0.15, -0.1) is 11.3 Å². The third kappa shape index (κ3) is 1.47. The molecule has 0 atom stereocenters. The van der Waals surface area contributed by atoms with Crippen LogP contribution < -0.4 is 5.73 Å². The van der Waals surface area contributed by atoms with E-state index in [1.165, 1.54) is 20.5 Å². The van der Waals surface area contributed by atoms with E-state index in [1.54, 1.807) is 0 Å². The van der Waals surface area contributed by atoms with Crippen LogP contribution in [0.4, 0.5) is 0 Å². The molecule has 0 unspecified atom stereocenters. The van der Waals surface area contributed by atoms with Crippen LogP contribution in [0.2, 0.25) is 0 Å². The highest BCUT2D eigenvalue weighted by molar-refractivity contribution is 7.19. The number of hydrogen-bond donors (Lipinski definition) is 1. The first-order valence-electron chi connectivity index (χ1n) is 4.69. The molecule has 1 heterocycles. The van der Waals surface area contributed by atoms with Crippen LogP contribution in [0.3, 0.4) is 0 Å². The molecule has 1 aromatic heterocycles. The predicted molar refractivity (Wildman–Crippen MR) is 64.7 cm³/mol. The average molecular weight is 203 g/mol. The Morgan fingerprint density at radius 2 is 2.14 bits per heavy atom. The van der Waals surface area contributed by atoms with Gasteiger partial charge in [0.05, 0.1) is 0 Å². The van der Waals surface area contributed by atoms with Crippen LogP contribution in [0, 0.1) is 0 Å². The molecule has 2 rings (SSSR count). The van der Waals surface area contributed by atoms with E-state index in [0.29, 0.717) is 6.54 Å². The van der Waals surface area contributed by atoms with Crippen molar-refractivity contribution in [1.82, 2.24) is 0 Å². The molecule has 2 aromatic rings. The largest absolute Gasteiger partial charge is 0.330 e. The topological polar surface area (TPSA) is 26.0 Å². The maximum absolute atomic E-state index is 5.58. The van der Waals surface area contributed by atoms with Gasteiger partial charge in [-0.3, -0.25) is 0 Å². The second-order valence-corrected chi connectivity index (χ2v) is 4.31. The van der Waals surface area contributed by atoms with Crippen LogP contribution >= 0.6 is 11.3 Å². The van der Waals surface area contributed by atoms with E-state index in [9.17, 15) is 0 Å². The highest BCUT2D eigenvalue weighted by Crippen LogP contribution is 2.31. The lowest BCUT2D eigenvalue weighted by atomic mass is 10.1. The molecule has 2 N–H and O–H groups in total. The van der Waals surface area contributed by atoms with Crippen LogP contribution in [0.15, 0.2) is 30.8 Å². The van der Waals surface area contributed by atoms with Crippen molar-refractivity contribution < 1.29 is 0 Å². The van der Waals surface area contributed by atoms with Gasteiger partial charge in [0.2, 0.25) is 0 Å². The third-order valence-electron chi connectivity index (χ3n) is 2.29. The third-order valence-corrected chi connectivity index (χ3v) is 3.53. The van der Waals surface area contributed by atoms with Crippen molar-refractivity contribution in [3.05, 3.63) is 41.3 Å². The zero-order chi connectivity index (χ0) is 9.97. The molecule has 1 nitrogen and oxygen atoms in total. The molecule has 0 aliphatic carbocycles. The monoisotopic (exact) mass is 203 g/mol. The summed E-state index contributed by atoms with van der Waals surface area (Å²) in [6, 6.07) is 8.42. The number of thiophene rings is 1. The first-order valence-corrected chi connectivity index (χ1v) is 5.51. The molecule has 0 amide bonds. The summed E-state index contributed by atoms with van der Waals surface area (Å²) in [7, 11) is 0. The molecule has 14 heavy (non-hydrogen) atoms. The van der Waals surface area contributed by atoms with Crippen molar-refractivity contribution in [3.8, 4) is 0 Å². The molecule has 0 spiro atoms. The Morgan fingerprint density at radius 1 is 1.36 bits per heavy atom. The van der Waals surface area contributed by atoms with Gasteiger partial charge >= 0.3 is 0 Å². The van der Waals surface area contributed by atoms with Gasteiger partial charge in [-0.1, -0.05) is 30.9 Å². The zero-order valence-corrected chi connectivity index (χ0v) is 8.81. The Kier molecular flexibility index (Phi) is 2.66. The predicted octanol–water partition coefficient (Wildman–Crippen LogP) is 3.05. The Hall–Kier alpha value is -1.12. The maximum atomic E-state index is 5.58. The normalized spacial score (nSPS) is 10.6. The molecule has 2 heteroatoms. The molecule has 0 saturated heterocycles. The van der Waals surface area contributed by atoms with Crippen LogP contribution in [-0.4, -0.2) is 6.54 Å². The highest BCUT2D eigenvalue weighted by atomic mass is 32.1. The first kappa shape index (κ1) is 9.44. The van der Waals surface area contributed by atoms with Crippen molar-refractivity contribution in [1.29, 1.82) is 0 Å². The van der Waals surface area contributed by atoms with E-state index in [-0.39, 0.29) is 0 Å². The van der Waals surface area contributed by atoms with Gasteiger partial charge in [0, 0.05) is 9.58 Å². The summed E-state index contributed by atoms with van der Waals surface area (Å²) in [5, 5.41) is 1.30. The lowest BCUT2D eigenvalue weighted by molar-refractivity contribution is 0.987. The van der Waals surface area contributed by atoms with Crippen LogP contribution in [-0.2, 0) is 6.42 Å². The minimum absolute atomic E-state index is 0.702. The summed E-state index contributed by atoms with van der Waals surface area (Å²) < 4.78 is 1.32. The maximum Gasteiger partial charge on any atom is 0.0351 e. The fourth-order valence-electron chi connectivity index (χ4n) is 1.66. The highest BCUT2D eigenvalue weighted by Gasteiger charge is 2.07. The van der Waals surface area contributed by atoms with Gasteiger partial charge in [0.25, 0.3) is 0 Å². The van der Waals surface area contributed by atoms with Gasteiger partial charge in [-0.2, -0.15) is 0 Å². The second kappa shape index (κ2) is 3.95. The minimum Gasteiger partial charge on any atom is -0.330 e. The minimum atomic E-state index is 0.702. The van der Waals surface area contributed by atoms with Crippen molar-refractivity contribution >= 4 is 27.5 Å². The van der Waals surface area contributed by atoms with E-state index in [2.05, 4.69) is 30.8 Å². The van der Waals surface area contributed by atoms with Crippen molar-refractivity contribution in [3.63, 3.8) is 0 Å². The van der Waals surface area contributed by atoms with Crippen molar-refractivity contribution in [2.24, 2.45) is 5.73 Å². The van der Waals surface area contributed by atoms with Crippen LogP contribution in [0.5, 0.6) is 0 Å². The summed E-state index contributed by atoms with van der Waals surface area (Å²) in [4.78, 5) is 1.35. The molecule has 0 bridgehead atoms. The quantitative estimate of drug-likeness (QED) is 0.815. The molecule has 0 radical (unpaired) electrons. The number of fused-ring (bicyclic) bond motifs is 1. The Morgan fingerprint density at radius 3 is 2.86 bits per heavy atom. The number of nitrogens with two attached hydrogens (primary N) is 1. The van der Waals surface area contributed by atoms with Crippen molar-refractivity contribution in [2.45, 2.75) is 6.42 Å².